The zero-order chi connectivity index (χ0) is 21.2. The molecule has 0 aliphatic carbocycles. The summed E-state index contributed by atoms with van der Waals surface area (Å²) in [7, 11) is 0. The first-order valence-corrected chi connectivity index (χ1v) is 9.02. The second-order valence-electron chi connectivity index (χ2n) is 6.90. The summed E-state index contributed by atoms with van der Waals surface area (Å²) < 4.78 is 0. The van der Waals surface area contributed by atoms with Crippen molar-refractivity contribution >= 4 is 44.4 Å². The van der Waals surface area contributed by atoms with E-state index in [0.29, 0.717) is 33.1 Å². The summed E-state index contributed by atoms with van der Waals surface area (Å²) in [6.45, 7) is 7.50. The third-order valence-corrected chi connectivity index (χ3v) is 5.02. The Morgan fingerprint density at radius 2 is 0.700 bits per heavy atom. The number of aromatic nitrogens is 8. The molecule has 0 saturated carbocycles. The first kappa shape index (κ1) is 17.6. The van der Waals surface area contributed by atoms with Crippen molar-refractivity contribution in [2.45, 2.75) is 27.7 Å². The summed E-state index contributed by atoms with van der Waals surface area (Å²) in [5.41, 5.74) is 6.25. The highest BCUT2D eigenvalue weighted by Crippen LogP contribution is 2.31. The second-order valence-corrected chi connectivity index (χ2v) is 6.90. The van der Waals surface area contributed by atoms with Crippen molar-refractivity contribution in [2.24, 2.45) is 0 Å². The average Bonchev–Trinajstić information content (AvgIpc) is 2.74. The van der Waals surface area contributed by atoms with Gasteiger partial charge in [0.05, 0.1) is 22.8 Å². The van der Waals surface area contributed by atoms with Crippen molar-refractivity contribution in [3.63, 3.8) is 0 Å². The van der Waals surface area contributed by atoms with E-state index in [1.807, 2.05) is 39.8 Å². The summed E-state index contributed by atoms with van der Waals surface area (Å²) in [6, 6.07) is 3.74. The molecule has 5 aromatic rings. The summed E-state index contributed by atoms with van der Waals surface area (Å²) in [4.78, 5) is 36.3. The standard InChI is InChI=1S/C20H12N10/c1-7-9(3)25-15-13(23-7)14-16(26-10(4)8(2)24-14)18-17(15)29-19-20(30-18)28-12(6-22)11(5-21)27-19/h1-4H3. The molecule has 1 aromatic carbocycles. The maximum Gasteiger partial charge on any atom is 0.199 e. The van der Waals surface area contributed by atoms with Crippen molar-refractivity contribution in [1.82, 2.24) is 39.9 Å². The van der Waals surface area contributed by atoms with Crippen molar-refractivity contribution in [3.05, 3.63) is 34.2 Å². The number of hydrogen-bond acceptors (Lipinski definition) is 10. The fourth-order valence-electron chi connectivity index (χ4n) is 3.24. The normalized spacial score (nSPS) is 11.3. The Morgan fingerprint density at radius 3 is 0.967 bits per heavy atom. The molecule has 0 fully saturated rings. The Bertz CT molecular complexity index is 1530. The Balaban J connectivity index is 2.09. The molecule has 5 rings (SSSR count). The Labute approximate surface area is 169 Å². The van der Waals surface area contributed by atoms with E-state index in [0.717, 1.165) is 22.8 Å². The number of fused-ring (bicyclic) bond motifs is 7. The van der Waals surface area contributed by atoms with Gasteiger partial charge in [-0.05, 0) is 27.7 Å². The molecule has 10 heteroatoms. The highest BCUT2D eigenvalue weighted by Gasteiger charge is 2.20. The number of benzene rings is 1. The summed E-state index contributed by atoms with van der Waals surface area (Å²) in [5, 5.41) is 18.5. The third kappa shape index (κ3) is 2.34. The summed E-state index contributed by atoms with van der Waals surface area (Å²) in [5.74, 6) is 0. The first-order chi connectivity index (χ1) is 14.4. The van der Waals surface area contributed by atoms with Gasteiger partial charge in [0.25, 0.3) is 0 Å². The van der Waals surface area contributed by atoms with E-state index < -0.39 is 0 Å². The van der Waals surface area contributed by atoms with Crippen LogP contribution in [0.1, 0.15) is 34.2 Å². The van der Waals surface area contributed by atoms with Gasteiger partial charge in [0.1, 0.15) is 45.2 Å². The van der Waals surface area contributed by atoms with Crippen molar-refractivity contribution in [1.29, 1.82) is 10.5 Å². The Morgan fingerprint density at radius 1 is 0.433 bits per heavy atom. The molecular formula is C20H12N10. The molecule has 0 saturated heterocycles. The first-order valence-electron chi connectivity index (χ1n) is 9.02. The Hall–Kier alpha value is -4.44. The van der Waals surface area contributed by atoms with Gasteiger partial charge in [0.2, 0.25) is 0 Å². The zero-order valence-electron chi connectivity index (χ0n) is 16.5. The lowest BCUT2D eigenvalue weighted by Gasteiger charge is -2.11. The van der Waals surface area contributed by atoms with Gasteiger partial charge in [0.15, 0.2) is 22.7 Å². The molecular weight excluding hydrogens is 380 g/mol. The molecule has 0 unspecified atom stereocenters. The van der Waals surface area contributed by atoms with Crippen LogP contribution >= 0.6 is 0 Å². The highest BCUT2D eigenvalue weighted by molar-refractivity contribution is 6.18. The van der Waals surface area contributed by atoms with E-state index in [1.54, 1.807) is 0 Å². The predicted octanol–water partition coefficient (Wildman–Crippen LogP) is 2.44. The summed E-state index contributed by atoms with van der Waals surface area (Å²) in [6.07, 6.45) is 0. The quantitative estimate of drug-likeness (QED) is 0.284. The van der Waals surface area contributed by atoms with Gasteiger partial charge in [-0.3, -0.25) is 0 Å². The number of hydrogen-bond donors (Lipinski definition) is 0. The van der Waals surface area contributed by atoms with Gasteiger partial charge < -0.3 is 0 Å². The third-order valence-electron chi connectivity index (χ3n) is 5.02. The van der Waals surface area contributed by atoms with Crippen molar-refractivity contribution in [2.75, 3.05) is 0 Å². The van der Waals surface area contributed by atoms with E-state index >= 15 is 0 Å². The lowest BCUT2D eigenvalue weighted by molar-refractivity contribution is 1.08. The molecule has 4 aromatic heterocycles. The molecule has 0 radical (unpaired) electrons. The largest absolute Gasteiger partial charge is 0.247 e. The molecule has 0 aliphatic heterocycles. The van der Waals surface area contributed by atoms with E-state index in [2.05, 4.69) is 19.9 Å². The minimum absolute atomic E-state index is 0.104. The average molecular weight is 392 g/mol. The van der Waals surface area contributed by atoms with E-state index in [4.69, 9.17) is 19.9 Å². The number of aryl methyl sites for hydroxylation is 4. The van der Waals surface area contributed by atoms with Gasteiger partial charge in [-0.2, -0.15) is 10.5 Å². The van der Waals surface area contributed by atoms with Crippen molar-refractivity contribution < 1.29 is 0 Å². The fourth-order valence-corrected chi connectivity index (χ4v) is 3.24. The van der Waals surface area contributed by atoms with Crippen LogP contribution in [-0.4, -0.2) is 39.9 Å². The van der Waals surface area contributed by atoms with Crippen LogP contribution in [0.4, 0.5) is 0 Å². The SMILES string of the molecule is Cc1nc2c3nc(C)c(C)nc3c3nc4nc(C#N)c(C#N)nc4nc3c2nc1C. The van der Waals surface area contributed by atoms with Gasteiger partial charge in [0, 0.05) is 0 Å². The van der Waals surface area contributed by atoms with Crippen LogP contribution in [0.15, 0.2) is 0 Å². The van der Waals surface area contributed by atoms with Gasteiger partial charge in [-0.25, -0.2) is 39.9 Å². The number of nitrogens with zero attached hydrogens (tertiary/aromatic N) is 10. The minimum atomic E-state index is -0.104. The predicted molar refractivity (Wildman–Crippen MR) is 107 cm³/mol. The van der Waals surface area contributed by atoms with E-state index in [-0.39, 0.29) is 22.7 Å². The molecule has 30 heavy (non-hydrogen) atoms. The monoisotopic (exact) mass is 392 g/mol. The molecule has 10 nitrogen and oxygen atoms in total. The van der Waals surface area contributed by atoms with Gasteiger partial charge in [-0.1, -0.05) is 0 Å². The molecule has 0 bridgehead atoms. The zero-order valence-corrected chi connectivity index (χ0v) is 16.5. The van der Waals surface area contributed by atoms with Crippen LogP contribution in [0.5, 0.6) is 0 Å². The smallest absolute Gasteiger partial charge is 0.199 e. The topological polar surface area (TPSA) is 151 Å². The molecule has 0 aliphatic rings. The van der Waals surface area contributed by atoms with Crippen LogP contribution in [0.3, 0.4) is 0 Å². The maximum atomic E-state index is 9.27. The van der Waals surface area contributed by atoms with Crippen LogP contribution in [0.2, 0.25) is 0 Å². The van der Waals surface area contributed by atoms with E-state index in [9.17, 15) is 10.5 Å². The lowest BCUT2D eigenvalue weighted by Crippen LogP contribution is -2.04. The van der Waals surface area contributed by atoms with Crippen LogP contribution in [0.25, 0.3) is 44.4 Å². The number of nitriles is 2. The lowest BCUT2D eigenvalue weighted by atomic mass is 10.1. The molecule has 0 atom stereocenters. The van der Waals surface area contributed by atoms with Crippen molar-refractivity contribution in [3.8, 4) is 12.1 Å². The molecule has 0 amide bonds. The fraction of sp³-hybridized carbons (Fsp3) is 0.200. The van der Waals surface area contributed by atoms with Gasteiger partial charge >= 0.3 is 0 Å². The molecule has 0 spiro atoms. The van der Waals surface area contributed by atoms with Crippen LogP contribution in [-0.2, 0) is 0 Å². The molecule has 4 heterocycles. The molecule has 0 N–H and O–H groups in total. The summed E-state index contributed by atoms with van der Waals surface area (Å²) >= 11 is 0. The Kier molecular flexibility index (Phi) is 3.54. The van der Waals surface area contributed by atoms with E-state index in [1.165, 1.54) is 0 Å². The van der Waals surface area contributed by atoms with Crippen LogP contribution in [0, 0.1) is 50.4 Å². The highest BCUT2D eigenvalue weighted by atomic mass is 15.0. The number of rotatable bonds is 0. The maximum absolute atomic E-state index is 9.27. The van der Waals surface area contributed by atoms with Crippen LogP contribution < -0.4 is 0 Å². The second kappa shape index (κ2) is 6.03. The van der Waals surface area contributed by atoms with Gasteiger partial charge in [-0.15, -0.1) is 0 Å². The molecule has 142 valence electrons. The minimum Gasteiger partial charge on any atom is -0.247 e.